The molecule has 0 unspecified atom stereocenters. The van der Waals surface area contributed by atoms with Gasteiger partial charge in [-0.25, -0.2) is 0 Å². The molecule has 0 radical (unpaired) electrons. The van der Waals surface area contributed by atoms with Crippen LogP contribution >= 0.6 is 0 Å². The van der Waals surface area contributed by atoms with Crippen molar-refractivity contribution in [3.05, 3.63) is 29.8 Å². The third-order valence-corrected chi connectivity index (χ3v) is 4.22. The van der Waals surface area contributed by atoms with Gasteiger partial charge in [0.15, 0.2) is 9.76 Å². The maximum absolute atomic E-state index is 10.1. The van der Waals surface area contributed by atoms with Gasteiger partial charge in [-0.2, -0.15) is 0 Å². The summed E-state index contributed by atoms with van der Waals surface area (Å²) in [5.74, 6) is 0.0103. The Morgan fingerprint density at radius 3 is 2.28 bits per heavy atom. The molecule has 0 saturated carbocycles. The first-order valence-electron chi connectivity index (χ1n) is 5.94. The molecular weight excluding hydrogens is 244 g/mol. The van der Waals surface area contributed by atoms with E-state index in [1.54, 1.807) is 6.07 Å². The zero-order valence-corrected chi connectivity index (χ0v) is 12.3. The summed E-state index contributed by atoms with van der Waals surface area (Å²) in [5, 5.41) is 21.9. The van der Waals surface area contributed by atoms with Crippen LogP contribution in [0.2, 0.25) is 0 Å². The van der Waals surface area contributed by atoms with Gasteiger partial charge in [0, 0.05) is 10.6 Å². The van der Waals surface area contributed by atoms with Crippen molar-refractivity contribution in [2.45, 2.75) is 26.2 Å². The van der Waals surface area contributed by atoms with Gasteiger partial charge < -0.3 is 15.0 Å². The molecule has 0 fully saturated rings. The average molecular weight is 262 g/mol. The van der Waals surface area contributed by atoms with Crippen molar-refractivity contribution in [1.29, 1.82) is 0 Å². The van der Waals surface area contributed by atoms with E-state index in [1.807, 2.05) is 18.2 Å². The highest BCUT2D eigenvalue weighted by atomic mass is 28.2. The molecule has 0 amide bonds. The Morgan fingerprint density at radius 1 is 1.06 bits per heavy atom. The smallest absolute Gasteiger partial charge is 0.196 e. The van der Waals surface area contributed by atoms with Crippen LogP contribution in [-0.4, -0.2) is 24.8 Å². The predicted octanol–water partition coefficient (Wildman–Crippen LogP) is 1.25. The van der Waals surface area contributed by atoms with Crippen molar-refractivity contribution in [2.75, 3.05) is 0 Å². The van der Waals surface area contributed by atoms with Gasteiger partial charge in [0.25, 0.3) is 0 Å². The molecule has 3 nitrogen and oxygen atoms in total. The van der Waals surface area contributed by atoms with Crippen LogP contribution < -0.4 is 5.19 Å². The molecule has 0 aliphatic heterocycles. The Kier molecular flexibility index (Phi) is 3.08. The molecule has 0 atom stereocenters. The first-order chi connectivity index (χ1) is 8.36. The van der Waals surface area contributed by atoms with E-state index in [1.165, 1.54) is 0 Å². The molecule has 4 heteroatoms. The van der Waals surface area contributed by atoms with Crippen LogP contribution in [-0.2, 0) is 5.41 Å². The maximum atomic E-state index is 10.1. The fraction of sp³-hybridized carbons (Fsp3) is 0.286. The number of aromatic hydroxyl groups is 2. The van der Waals surface area contributed by atoms with E-state index in [9.17, 15) is 15.0 Å². The van der Waals surface area contributed by atoms with E-state index in [-0.39, 0.29) is 16.9 Å². The third kappa shape index (κ3) is 1.98. The molecule has 3 N–H and O–H groups in total. The molecule has 18 heavy (non-hydrogen) atoms. The van der Waals surface area contributed by atoms with E-state index in [2.05, 4.69) is 20.8 Å². The topological polar surface area (TPSA) is 60.7 Å². The molecule has 96 valence electrons. The van der Waals surface area contributed by atoms with Crippen LogP contribution in [0.15, 0.2) is 24.3 Å². The lowest BCUT2D eigenvalue weighted by Crippen LogP contribution is -2.16. The summed E-state index contributed by atoms with van der Waals surface area (Å²) in [5.41, 5.74) is 0.994. The van der Waals surface area contributed by atoms with E-state index in [4.69, 9.17) is 0 Å². The zero-order chi connectivity index (χ0) is 13.5. The molecule has 0 spiro atoms. The second-order valence-electron chi connectivity index (χ2n) is 5.53. The van der Waals surface area contributed by atoms with Gasteiger partial charge in [0.2, 0.25) is 0 Å². The SMILES string of the molecule is CC(C)(C)c1cccc2c(O)c([SiH2]O)c(O)cc12. The number of hydrogen-bond acceptors (Lipinski definition) is 3. The normalized spacial score (nSPS) is 12.7. The third-order valence-electron chi connectivity index (χ3n) is 3.20. The highest BCUT2D eigenvalue weighted by molar-refractivity contribution is 6.49. The van der Waals surface area contributed by atoms with Crippen molar-refractivity contribution in [1.82, 2.24) is 0 Å². The Bertz CT molecular complexity index is 600. The van der Waals surface area contributed by atoms with Crippen LogP contribution in [0.4, 0.5) is 0 Å². The molecule has 2 aromatic carbocycles. The predicted molar refractivity (Wildman–Crippen MR) is 76.4 cm³/mol. The molecule has 0 aliphatic rings. The number of fused-ring (bicyclic) bond motifs is 1. The van der Waals surface area contributed by atoms with Crippen molar-refractivity contribution in [3.63, 3.8) is 0 Å². The molecular formula is C14H18O3Si. The summed E-state index contributed by atoms with van der Waals surface area (Å²) >= 11 is 0. The lowest BCUT2D eigenvalue weighted by molar-refractivity contribution is 0.460. The van der Waals surface area contributed by atoms with Crippen LogP contribution in [0.1, 0.15) is 26.3 Å². The largest absolute Gasteiger partial charge is 0.508 e. The van der Waals surface area contributed by atoms with Gasteiger partial charge in [-0.15, -0.1) is 0 Å². The number of benzene rings is 2. The van der Waals surface area contributed by atoms with Gasteiger partial charge in [-0.05, 0) is 22.4 Å². The number of phenolic OH excluding ortho intramolecular Hbond substituents is 2. The van der Waals surface area contributed by atoms with Crippen LogP contribution in [0.25, 0.3) is 10.8 Å². The molecule has 0 heterocycles. The van der Waals surface area contributed by atoms with Gasteiger partial charge >= 0.3 is 0 Å². The van der Waals surface area contributed by atoms with Crippen molar-refractivity contribution in [3.8, 4) is 11.5 Å². The Hall–Kier alpha value is -1.52. The second-order valence-corrected chi connectivity index (χ2v) is 6.55. The highest BCUT2D eigenvalue weighted by Crippen LogP contribution is 2.35. The quantitative estimate of drug-likeness (QED) is 0.678. The van der Waals surface area contributed by atoms with Crippen LogP contribution in [0.5, 0.6) is 11.5 Å². The standard InChI is InChI=1S/C14H18O3Si/c1-14(2,3)10-6-4-5-8-9(10)7-11(15)13(18-17)12(8)16/h4-7,15-17H,18H2,1-3H3. The van der Waals surface area contributed by atoms with Gasteiger partial charge in [0.1, 0.15) is 11.5 Å². The van der Waals surface area contributed by atoms with Gasteiger partial charge in [-0.3, -0.25) is 0 Å². The molecule has 0 bridgehead atoms. The summed E-state index contributed by atoms with van der Waals surface area (Å²) in [6.07, 6.45) is 0. The lowest BCUT2D eigenvalue weighted by Gasteiger charge is -2.22. The fourth-order valence-electron chi connectivity index (χ4n) is 2.24. The molecule has 2 rings (SSSR count). The Balaban J connectivity index is 2.88. The van der Waals surface area contributed by atoms with Gasteiger partial charge in [0.05, 0.1) is 0 Å². The summed E-state index contributed by atoms with van der Waals surface area (Å²) < 4.78 is 0. The molecule has 2 aromatic rings. The van der Waals surface area contributed by atoms with E-state index < -0.39 is 9.76 Å². The van der Waals surface area contributed by atoms with Crippen molar-refractivity contribution in [2.24, 2.45) is 0 Å². The Morgan fingerprint density at radius 2 is 1.72 bits per heavy atom. The summed E-state index contributed by atoms with van der Waals surface area (Å²) in [6, 6.07) is 7.35. The van der Waals surface area contributed by atoms with Crippen LogP contribution in [0.3, 0.4) is 0 Å². The van der Waals surface area contributed by atoms with Crippen LogP contribution in [0, 0.1) is 0 Å². The van der Waals surface area contributed by atoms with E-state index in [0.717, 1.165) is 10.9 Å². The van der Waals surface area contributed by atoms with Gasteiger partial charge in [-0.1, -0.05) is 39.0 Å². The summed E-state index contributed by atoms with van der Waals surface area (Å²) in [6.45, 7) is 6.26. The summed E-state index contributed by atoms with van der Waals surface area (Å²) in [4.78, 5) is 9.31. The maximum Gasteiger partial charge on any atom is 0.196 e. The zero-order valence-electron chi connectivity index (χ0n) is 10.9. The first kappa shape index (κ1) is 12.9. The molecule has 0 aromatic heterocycles. The minimum atomic E-state index is -1.60. The number of phenols is 2. The minimum absolute atomic E-state index is 0.00846. The number of hydrogen-bond donors (Lipinski definition) is 3. The monoisotopic (exact) mass is 262 g/mol. The van der Waals surface area contributed by atoms with Crippen molar-refractivity contribution >= 4 is 25.7 Å². The minimum Gasteiger partial charge on any atom is -0.508 e. The summed E-state index contributed by atoms with van der Waals surface area (Å²) in [7, 11) is -1.60. The lowest BCUT2D eigenvalue weighted by atomic mass is 9.83. The fourth-order valence-corrected chi connectivity index (χ4v) is 2.85. The van der Waals surface area contributed by atoms with E-state index >= 15 is 0 Å². The van der Waals surface area contributed by atoms with E-state index in [0.29, 0.717) is 10.6 Å². The second kappa shape index (κ2) is 4.30. The van der Waals surface area contributed by atoms with Crippen molar-refractivity contribution < 1.29 is 15.0 Å². The average Bonchev–Trinajstić information content (AvgIpc) is 2.27. The first-order valence-corrected chi connectivity index (χ1v) is 7.28. The Labute approximate surface area is 109 Å². The number of rotatable bonds is 1. The highest BCUT2D eigenvalue weighted by Gasteiger charge is 2.20. The molecule has 0 aliphatic carbocycles. The molecule has 0 saturated heterocycles.